The fourth-order valence-electron chi connectivity index (χ4n) is 3.09. The number of sulfonamides is 1. The molecule has 0 radical (unpaired) electrons. The number of hydrogen-bond acceptors (Lipinski definition) is 5. The van der Waals surface area contributed by atoms with Crippen molar-refractivity contribution in [3.8, 4) is 0 Å². The molecular formula is C17H23NO5S. The Bertz CT molecular complexity index is 726. The lowest BCUT2D eigenvalue weighted by molar-refractivity contribution is -0.146. The van der Waals surface area contributed by atoms with Crippen LogP contribution in [0.5, 0.6) is 0 Å². The van der Waals surface area contributed by atoms with Crippen LogP contribution in [0.3, 0.4) is 0 Å². The molecule has 0 saturated carbocycles. The van der Waals surface area contributed by atoms with Crippen molar-refractivity contribution >= 4 is 10.0 Å². The average Bonchev–Trinajstić information content (AvgIpc) is 2.82. The summed E-state index contributed by atoms with van der Waals surface area (Å²) in [6.45, 7) is 5.53. The predicted octanol–water partition coefficient (Wildman–Crippen LogP) is 1.75. The first kappa shape index (κ1) is 17.6. The summed E-state index contributed by atoms with van der Waals surface area (Å²) >= 11 is 0. The van der Waals surface area contributed by atoms with Crippen molar-refractivity contribution in [2.24, 2.45) is 0 Å². The molecule has 1 aliphatic carbocycles. The van der Waals surface area contributed by atoms with Gasteiger partial charge in [-0.1, -0.05) is 29.8 Å². The summed E-state index contributed by atoms with van der Waals surface area (Å²) in [6, 6.07) is 6.14. The summed E-state index contributed by atoms with van der Waals surface area (Å²) in [7, 11) is -2.15. The number of benzene rings is 1. The molecule has 1 aliphatic heterocycles. The molecule has 6 nitrogen and oxygen atoms in total. The molecular weight excluding hydrogens is 330 g/mol. The predicted molar refractivity (Wildman–Crippen MR) is 89.1 cm³/mol. The summed E-state index contributed by atoms with van der Waals surface area (Å²) in [5.41, 5.74) is 0.999. The highest BCUT2D eigenvalue weighted by Crippen LogP contribution is 2.35. The van der Waals surface area contributed by atoms with Gasteiger partial charge in [0.25, 0.3) is 0 Å². The smallest absolute Gasteiger partial charge is 0.241 e. The van der Waals surface area contributed by atoms with E-state index in [0.29, 0.717) is 0 Å². The molecule has 2 aliphatic rings. The molecule has 1 heterocycles. The van der Waals surface area contributed by atoms with E-state index in [9.17, 15) is 8.42 Å². The summed E-state index contributed by atoms with van der Waals surface area (Å²) in [5.74, 6) is -0.768. The molecule has 7 heteroatoms. The lowest BCUT2D eigenvalue weighted by Gasteiger charge is -2.33. The molecule has 0 bridgehead atoms. The number of fused-ring (bicyclic) bond motifs is 1. The van der Waals surface area contributed by atoms with Crippen LogP contribution in [0.4, 0.5) is 0 Å². The fourth-order valence-corrected chi connectivity index (χ4v) is 4.35. The number of rotatable bonds is 4. The van der Waals surface area contributed by atoms with E-state index in [1.54, 1.807) is 31.4 Å². The maximum atomic E-state index is 12.7. The quantitative estimate of drug-likeness (QED) is 0.835. The third-order valence-corrected chi connectivity index (χ3v) is 5.73. The molecule has 3 rings (SSSR count). The van der Waals surface area contributed by atoms with Gasteiger partial charge in [-0.25, -0.2) is 13.1 Å². The van der Waals surface area contributed by atoms with Crippen LogP contribution in [0.25, 0.3) is 0 Å². The molecule has 1 aromatic rings. The SMILES string of the molecule is CO[C@H]1C=C[C@H]2OC(C)(C)O[C@H]2[C@@H]1NS(=O)(=O)c1ccc(C)cc1. The molecule has 1 saturated heterocycles. The zero-order valence-electron chi connectivity index (χ0n) is 14.2. The Morgan fingerprint density at radius 2 is 1.79 bits per heavy atom. The van der Waals surface area contributed by atoms with E-state index in [0.717, 1.165) is 5.56 Å². The molecule has 24 heavy (non-hydrogen) atoms. The highest BCUT2D eigenvalue weighted by Gasteiger charge is 2.49. The van der Waals surface area contributed by atoms with Crippen LogP contribution in [0.2, 0.25) is 0 Å². The maximum Gasteiger partial charge on any atom is 0.241 e. The summed E-state index contributed by atoms with van der Waals surface area (Å²) in [4.78, 5) is 0.215. The van der Waals surface area contributed by atoms with Gasteiger partial charge in [0.05, 0.1) is 17.0 Å². The molecule has 4 atom stereocenters. The van der Waals surface area contributed by atoms with Gasteiger partial charge in [0, 0.05) is 7.11 Å². The van der Waals surface area contributed by atoms with E-state index < -0.39 is 34.1 Å². The third-order valence-electron chi connectivity index (χ3n) is 4.26. The van der Waals surface area contributed by atoms with E-state index in [2.05, 4.69) is 4.72 Å². The first-order chi connectivity index (χ1) is 11.2. The second kappa shape index (κ2) is 6.24. The molecule has 0 amide bonds. The summed E-state index contributed by atoms with van der Waals surface area (Å²) in [6.07, 6.45) is 2.50. The van der Waals surface area contributed by atoms with Gasteiger partial charge in [-0.2, -0.15) is 0 Å². The largest absolute Gasteiger partial charge is 0.376 e. The number of nitrogens with one attached hydrogen (secondary N) is 1. The minimum atomic E-state index is -3.70. The lowest BCUT2D eigenvalue weighted by Crippen LogP contribution is -2.55. The van der Waals surface area contributed by atoms with Crippen LogP contribution in [0.1, 0.15) is 19.4 Å². The van der Waals surface area contributed by atoms with Crippen LogP contribution < -0.4 is 4.72 Å². The normalized spacial score (nSPS) is 31.8. The van der Waals surface area contributed by atoms with Gasteiger partial charge in [-0.15, -0.1) is 0 Å². The maximum absolute atomic E-state index is 12.7. The molecule has 1 fully saturated rings. The van der Waals surface area contributed by atoms with Crippen molar-refractivity contribution in [2.75, 3.05) is 7.11 Å². The molecule has 0 aromatic heterocycles. The number of methoxy groups -OCH3 is 1. The Balaban J connectivity index is 1.88. The van der Waals surface area contributed by atoms with Gasteiger partial charge < -0.3 is 14.2 Å². The van der Waals surface area contributed by atoms with Crippen molar-refractivity contribution in [1.82, 2.24) is 4.72 Å². The van der Waals surface area contributed by atoms with Gasteiger partial charge in [0.15, 0.2) is 5.79 Å². The minimum Gasteiger partial charge on any atom is -0.376 e. The van der Waals surface area contributed by atoms with Crippen LogP contribution >= 0.6 is 0 Å². The van der Waals surface area contributed by atoms with Gasteiger partial charge >= 0.3 is 0 Å². The average molecular weight is 353 g/mol. The topological polar surface area (TPSA) is 73.9 Å². The Kier molecular flexibility index (Phi) is 4.57. The van der Waals surface area contributed by atoms with E-state index in [1.807, 2.05) is 32.9 Å². The number of aryl methyl sites for hydroxylation is 1. The second-order valence-corrected chi connectivity index (χ2v) is 8.32. The first-order valence-corrected chi connectivity index (χ1v) is 9.36. The Labute approximate surface area is 142 Å². The van der Waals surface area contributed by atoms with Crippen molar-refractivity contribution in [3.05, 3.63) is 42.0 Å². The second-order valence-electron chi connectivity index (χ2n) is 6.61. The Hall–Kier alpha value is -1.25. The van der Waals surface area contributed by atoms with Crippen molar-refractivity contribution in [3.63, 3.8) is 0 Å². The van der Waals surface area contributed by atoms with E-state index in [4.69, 9.17) is 14.2 Å². The zero-order chi connectivity index (χ0) is 17.5. The van der Waals surface area contributed by atoms with Crippen LogP contribution in [-0.2, 0) is 24.2 Å². The first-order valence-electron chi connectivity index (χ1n) is 7.88. The molecule has 0 spiro atoms. The number of ether oxygens (including phenoxy) is 3. The summed E-state index contributed by atoms with van der Waals surface area (Å²) in [5, 5.41) is 0. The monoisotopic (exact) mass is 353 g/mol. The number of hydrogen-bond donors (Lipinski definition) is 1. The third kappa shape index (κ3) is 3.41. The zero-order valence-corrected chi connectivity index (χ0v) is 15.0. The van der Waals surface area contributed by atoms with Gasteiger partial charge in [0.2, 0.25) is 10.0 Å². The van der Waals surface area contributed by atoms with E-state index in [1.165, 1.54) is 0 Å². The Morgan fingerprint density at radius 1 is 1.12 bits per heavy atom. The van der Waals surface area contributed by atoms with Crippen LogP contribution in [0, 0.1) is 6.92 Å². The van der Waals surface area contributed by atoms with Crippen molar-refractivity contribution in [2.45, 2.75) is 55.8 Å². The molecule has 1 N–H and O–H groups in total. The summed E-state index contributed by atoms with van der Waals surface area (Å²) < 4.78 is 45.4. The van der Waals surface area contributed by atoms with E-state index >= 15 is 0 Å². The highest BCUT2D eigenvalue weighted by molar-refractivity contribution is 7.89. The Morgan fingerprint density at radius 3 is 2.42 bits per heavy atom. The van der Waals surface area contributed by atoms with Gasteiger partial charge in [-0.3, -0.25) is 0 Å². The molecule has 132 valence electrons. The van der Waals surface area contributed by atoms with Gasteiger partial charge in [0.1, 0.15) is 12.2 Å². The van der Waals surface area contributed by atoms with Crippen LogP contribution in [0.15, 0.2) is 41.3 Å². The van der Waals surface area contributed by atoms with Crippen molar-refractivity contribution < 1.29 is 22.6 Å². The molecule has 0 unspecified atom stereocenters. The highest BCUT2D eigenvalue weighted by atomic mass is 32.2. The standard InChI is InChI=1S/C17H23NO5S/c1-11-5-7-12(8-6-11)24(19,20)18-15-13(21-4)9-10-14-16(15)23-17(2,3)22-14/h5-10,13-16,18H,1-4H3/t13-,14+,15+,16+/m0/s1. The van der Waals surface area contributed by atoms with Crippen molar-refractivity contribution in [1.29, 1.82) is 0 Å². The van der Waals surface area contributed by atoms with Gasteiger partial charge in [-0.05, 0) is 32.9 Å². The fraction of sp³-hybridized carbons (Fsp3) is 0.529. The van der Waals surface area contributed by atoms with E-state index in [-0.39, 0.29) is 11.0 Å². The van der Waals surface area contributed by atoms with Crippen LogP contribution in [-0.4, -0.2) is 45.7 Å². The minimum absolute atomic E-state index is 0.215. The lowest BCUT2D eigenvalue weighted by atomic mass is 9.94. The molecule has 1 aromatic carbocycles.